The van der Waals surface area contributed by atoms with Gasteiger partial charge in [-0.25, -0.2) is 24.2 Å². The van der Waals surface area contributed by atoms with Gasteiger partial charge in [-0.15, -0.1) is 0 Å². The Balaban J connectivity index is 1.71. The lowest BCUT2D eigenvalue weighted by Crippen LogP contribution is -2.30. The van der Waals surface area contributed by atoms with Crippen molar-refractivity contribution in [3.05, 3.63) is 75.9 Å². The largest absolute Gasteiger partial charge is 0.465 e. The van der Waals surface area contributed by atoms with Crippen LogP contribution in [0.15, 0.2) is 48.7 Å². The van der Waals surface area contributed by atoms with Crippen molar-refractivity contribution in [2.24, 2.45) is 7.05 Å². The van der Waals surface area contributed by atoms with Gasteiger partial charge in [0, 0.05) is 23.8 Å². The van der Waals surface area contributed by atoms with Crippen LogP contribution in [0.5, 0.6) is 0 Å². The van der Waals surface area contributed by atoms with Crippen LogP contribution >= 0.6 is 11.6 Å². The van der Waals surface area contributed by atoms with E-state index in [0.717, 1.165) is 4.90 Å². The maximum atomic E-state index is 13.8. The molecule has 0 atom stereocenters. The molecule has 0 aliphatic carbocycles. The molecule has 1 aliphatic heterocycles. The number of carbonyl (C=O) groups is 4. The molecule has 5 rings (SSSR count). The topological polar surface area (TPSA) is 121 Å². The molecule has 0 bridgehead atoms. The molecule has 0 saturated carbocycles. The number of aryl methyl sites for hydroxylation is 1. The number of halogens is 1. The van der Waals surface area contributed by atoms with Gasteiger partial charge in [0.25, 0.3) is 11.8 Å². The number of pyridine rings is 1. The quantitative estimate of drug-likeness (QED) is 0.305. The Morgan fingerprint density at radius 2 is 1.53 bits per heavy atom. The number of esters is 2. The average Bonchev–Trinajstić information content (AvgIpc) is 3.36. The standard InChI is InChI=1S/C25H17ClN4O6/c1-29-21-19(20(28-29)12-4-6-15(26)7-5-12)18-17(11-27-21)22(31)30(23(18)32)16-9-13(24(33)35-2)8-14(10-16)25(34)36-3/h4-11H,1-3H3. The highest BCUT2D eigenvalue weighted by Crippen LogP contribution is 2.37. The van der Waals surface area contributed by atoms with E-state index in [4.69, 9.17) is 21.1 Å². The molecular weight excluding hydrogens is 488 g/mol. The summed E-state index contributed by atoms with van der Waals surface area (Å²) in [6.45, 7) is 0. The predicted octanol–water partition coefficient (Wildman–Crippen LogP) is 3.66. The maximum Gasteiger partial charge on any atom is 0.337 e. The van der Waals surface area contributed by atoms with E-state index in [1.807, 2.05) is 0 Å². The van der Waals surface area contributed by atoms with Gasteiger partial charge in [-0.1, -0.05) is 23.7 Å². The van der Waals surface area contributed by atoms with Gasteiger partial charge in [0.05, 0.1) is 47.5 Å². The van der Waals surface area contributed by atoms with Crippen molar-refractivity contribution < 1.29 is 28.7 Å². The third kappa shape index (κ3) is 3.50. The minimum atomic E-state index is -0.750. The predicted molar refractivity (Wildman–Crippen MR) is 129 cm³/mol. The SMILES string of the molecule is COC(=O)c1cc(C(=O)OC)cc(N2C(=O)c3cnc4c(c(-c5ccc(Cl)cc5)nn4C)c3C2=O)c1. The number of benzene rings is 2. The van der Waals surface area contributed by atoms with Crippen LogP contribution in [0.1, 0.15) is 41.4 Å². The number of anilines is 1. The van der Waals surface area contributed by atoms with E-state index in [0.29, 0.717) is 27.3 Å². The van der Waals surface area contributed by atoms with Crippen molar-refractivity contribution in [2.75, 3.05) is 19.1 Å². The van der Waals surface area contributed by atoms with E-state index >= 15 is 0 Å². The van der Waals surface area contributed by atoms with Gasteiger partial charge in [0.2, 0.25) is 0 Å². The normalized spacial score (nSPS) is 12.7. The second-order valence-corrected chi connectivity index (χ2v) is 8.36. The summed E-state index contributed by atoms with van der Waals surface area (Å²) in [5.74, 6) is -2.81. The monoisotopic (exact) mass is 504 g/mol. The fourth-order valence-corrected chi connectivity index (χ4v) is 4.31. The van der Waals surface area contributed by atoms with Gasteiger partial charge >= 0.3 is 11.9 Å². The molecule has 0 radical (unpaired) electrons. The lowest BCUT2D eigenvalue weighted by molar-refractivity contribution is 0.0598. The number of imide groups is 1. The van der Waals surface area contributed by atoms with Gasteiger partial charge in [-0.3, -0.25) is 9.59 Å². The van der Waals surface area contributed by atoms with Crippen LogP contribution in [0.25, 0.3) is 22.3 Å². The summed E-state index contributed by atoms with van der Waals surface area (Å²) in [7, 11) is 4.04. The second kappa shape index (κ2) is 8.58. The summed E-state index contributed by atoms with van der Waals surface area (Å²) in [6.07, 6.45) is 1.32. The van der Waals surface area contributed by atoms with E-state index in [1.54, 1.807) is 31.3 Å². The molecule has 10 nitrogen and oxygen atoms in total. The van der Waals surface area contributed by atoms with Crippen LogP contribution in [0.3, 0.4) is 0 Å². The summed E-state index contributed by atoms with van der Waals surface area (Å²) in [5.41, 5.74) is 1.67. The van der Waals surface area contributed by atoms with Crippen LogP contribution in [0.4, 0.5) is 5.69 Å². The first-order valence-electron chi connectivity index (χ1n) is 10.6. The maximum absolute atomic E-state index is 13.8. The van der Waals surface area contributed by atoms with Crippen LogP contribution in [0.2, 0.25) is 5.02 Å². The number of amides is 2. The molecule has 2 amide bonds. The smallest absolute Gasteiger partial charge is 0.337 e. The molecule has 0 unspecified atom stereocenters. The number of nitrogens with zero attached hydrogens (tertiary/aromatic N) is 4. The van der Waals surface area contributed by atoms with Crippen molar-refractivity contribution in [3.8, 4) is 11.3 Å². The number of hydrogen-bond acceptors (Lipinski definition) is 8. The zero-order valence-corrected chi connectivity index (χ0v) is 20.0. The fourth-order valence-electron chi connectivity index (χ4n) is 4.18. The molecule has 180 valence electrons. The number of rotatable bonds is 4. The Morgan fingerprint density at radius 3 is 2.11 bits per heavy atom. The molecule has 0 fully saturated rings. The van der Waals surface area contributed by atoms with Crippen molar-refractivity contribution >= 4 is 52.1 Å². The van der Waals surface area contributed by atoms with Crippen molar-refractivity contribution in [1.82, 2.24) is 14.8 Å². The van der Waals surface area contributed by atoms with E-state index in [-0.39, 0.29) is 27.9 Å². The van der Waals surface area contributed by atoms with Crippen LogP contribution in [0, 0.1) is 0 Å². The Morgan fingerprint density at radius 1 is 0.917 bits per heavy atom. The van der Waals surface area contributed by atoms with Crippen LogP contribution in [-0.4, -0.2) is 52.7 Å². The summed E-state index contributed by atoms with van der Waals surface area (Å²) in [5, 5.41) is 5.46. The highest BCUT2D eigenvalue weighted by Gasteiger charge is 2.41. The zero-order valence-electron chi connectivity index (χ0n) is 19.2. The Bertz CT molecular complexity index is 1580. The Hall–Kier alpha value is -4.57. The van der Waals surface area contributed by atoms with E-state index in [2.05, 4.69) is 10.1 Å². The average molecular weight is 505 g/mol. The summed E-state index contributed by atoms with van der Waals surface area (Å²) in [4.78, 5) is 56.9. The van der Waals surface area contributed by atoms with Crippen molar-refractivity contribution in [3.63, 3.8) is 0 Å². The lowest BCUT2D eigenvalue weighted by atomic mass is 10.0. The van der Waals surface area contributed by atoms with Gasteiger partial charge in [-0.2, -0.15) is 5.10 Å². The van der Waals surface area contributed by atoms with Gasteiger partial charge < -0.3 is 9.47 Å². The number of fused-ring (bicyclic) bond motifs is 3. The third-order valence-electron chi connectivity index (χ3n) is 5.84. The minimum absolute atomic E-state index is 0.00887. The van der Waals surface area contributed by atoms with Gasteiger partial charge in [0.15, 0.2) is 5.65 Å². The molecule has 1 aliphatic rings. The van der Waals surface area contributed by atoms with Crippen molar-refractivity contribution in [1.29, 1.82) is 0 Å². The summed E-state index contributed by atoms with van der Waals surface area (Å²) in [6, 6.07) is 10.8. The van der Waals surface area contributed by atoms with Crippen LogP contribution < -0.4 is 4.90 Å². The molecule has 36 heavy (non-hydrogen) atoms. The Kier molecular flexibility index (Phi) is 5.52. The summed E-state index contributed by atoms with van der Waals surface area (Å²) >= 11 is 6.03. The minimum Gasteiger partial charge on any atom is -0.465 e. The first kappa shape index (κ1) is 23.2. The first-order valence-corrected chi connectivity index (χ1v) is 10.9. The van der Waals surface area contributed by atoms with E-state index in [9.17, 15) is 19.2 Å². The van der Waals surface area contributed by atoms with Gasteiger partial charge in [-0.05, 0) is 30.3 Å². The third-order valence-corrected chi connectivity index (χ3v) is 6.09. The number of carbonyl (C=O) groups excluding carboxylic acids is 4. The number of methoxy groups -OCH3 is 2. The van der Waals surface area contributed by atoms with E-state index < -0.39 is 23.8 Å². The molecule has 3 heterocycles. The van der Waals surface area contributed by atoms with E-state index in [1.165, 1.54) is 43.3 Å². The lowest BCUT2D eigenvalue weighted by Gasteiger charge is -2.16. The Labute approximate surface area is 209 Å². The highest BCUT2D eigenvalue weighted by atomic mass is 35.5. The number of hydrogen-bond donors (Lipinski definition) is 0. The summed E-state index contributed by atoms with van der Waals surface area (Å²) < 4.78 is 11.0. The molecule has 2 aromatic heterocycles. The second-order valence-electron chi connectivity index (χ2n) is 7.92. The molecule has 0 N–H and O–H groups in total. The van der Waals surface area contributed by atoms with Crippen LogP contribution in [-0.2, 0) is 16.5 Å². The number of ether oxygens (including phenoxy) is 2. The fraction of sp³-hybridized carbons (Fsp3) is 0.120. The highest BCUT2D eigenvalue weighted by molar-refractivity contribution is 6.38. The molecule has 0 spiro atoms. The molecule has 0 saturated heterocycles. The molecular formula is C25H17ClN4O6. The molecule has 4 aromatic rings. The molecule has 11 heteroatoms. The number of aromatic nitrogens is 3. The zero-order chi connectivity index (χ0) is 25.7. The van der Waals surface area contributed by atoms with Gasteiger partial charge in [0.1, 0.15) is 5.69 Å². The molecule has 2 aromatic carbocycles. The first-order chi connectivity index (χ1) is 17.2. The van der Waals surface area contributed by atoms with Crippen molar-refractivity contribution in [2.45, 2.75) is 0 Å².